The first-order chi connectivity index (χ1) is 14.4. The normalized spacial score (nSPS) is 46.9. The second-order valence-corrected chi connectivity index (χ2v) is 7.53. The van der Waals surface area contributed by atoms with Crippen molar-refractivity contribution in [3.8, 4) is 0 Å². The molecule has 0 radical (unpaired) electrons. The highest BCUT2D eigenvalue weighted by molar-refractivity contribution is 5.16. The van der Waals surface area contributed by atoms with Crippen LogP contribution < -0.4 is 0 Å². The number of fused-ring (bicyclic) bond motifs is 1. The van der Waals surface area contributed by atoms with Crippen molar-refractivity contribution in [1.82, 2.24) is 0 Å². The Balaban J connectivity index is 1.44. The molecule has 3 aliphatic heterocycles. The van der Waals surface area contributed by atoms with E-state index in [1.54, 1.807) is 0 Å². The van der Waals surface area contributed by atoms with Gasteiger partial charge in [-0.05, 0) is 0 Å². The van der Waals surface area contributed by atoms with Crippen LogP contribution in [0.2, 0.25) is 0 Å². The van der Waals surface area contributed by atoms with Gasteiger partial charge in [0.2, 0.25) is 0 Å². The molecule has 30 heavy (non-hydrogen) atoms. The molecule has 3 fully saturated rings. The highest BCUT2D eigenvalue weighted by Crippen LogP contribution is 2.35. The van der Waals surface area contributed by atoms with Gasteiger partial charge in [-0.15, -0.1) is 0 Å². The molecule has 6 N–H and O–H groups in total. The summed E-state index contributed by atoms with van der Waals surface area (Å²) in [6, 6.07) is 9.10. The third-order valence-electron chi connectivity index (χ3n) is 5.54. The second-order valence-electron chi connectivity index (χ2n) is 7.53. The van der Waals surface area contributed by atoms with Crippen molar-refractivity contribution in [3.63, 3.8) is 0 Å². The van der Waals surface area contributed by atoms with Crippen LogP contribution in [0.4, 0.5) is 0 Å². The van der Waals surface area contributed by atoms with Gasteiger partial charge in [0.25, 0.3) is 0 Å². The van der Waals surface area contributed by atoms with Gasteiger partial charge in [-0.1, -0.05) is 30.3 Å². The smallest absolute Gasteiger partial charge is 0.187 e. The molecule has 1 aromatic rings. The van der Waals surface area contributed by atoms with E-state index in [1.165, 1.54) is 0 Å². The summed E-state index contributed by atoms with van der Waals surface area (Å²) in [7, 11) is 0. The Kier molecular flexibility index (Phi) is 6.67. The number of hydrogen-bond acceptors (Lipinski definition) is 11. The lowest BCUT2D eigenvalue weighted by molar-refractivity contribution is -0.384. The molecule has 3 saturated heterocycles. The SMILES string of the molecule is OC[C@H]1O[C@@H](O)[C@H](O)[C@@H](O)[C@@H]1O[C@H]1O[C@@H]2COC(c3ccccc3)O[C@H]2[C@H](O)[C@H]1O. The van der Waals surface area contributed by atoms with Crippen molar-refractivity contribution in [2.45, 2.75) is 67.7 Å². The van der Waals surface area contributed by atoms with Crippen LogP contribution in [0, 0.1) is 0 Å². The quantitative estimate of drug-likeness (QED) is 0.295. The van der Waals surface area contributed by atoms with Gasteiger partial charge in [0.15, 0.2) is 18.9 Å². The van der Waals surface area contributed by atoms with Gasteiger partial charge in [-0.2, -0.15) is 0 Å². The van der Waals surface area contributed by atoms with Crippen molar-refractivity contribution >= 4 is 0 Å². The van der Waals surface area contributed by atoms with Crippen LogP contribution >= 0.6 is 0 Å². The fourth-order valence-corrected chi connectivity index (χ4v) is 3.86. The lowest BCUT2D eigenvalue weighted by Gasteiger charge is -2.48. The highest BCUT2D eigenvalue weighted by Gasteiger charge is 2.52. The molecule has 168 valence electrons. The largest absolute Gasteiger partial charge is 0.394 e. The molecule has 1 unspecified atom stereocenters. The zero-order valence-electron chi connectivity index (χ0n) is 15.9. The van der Waals surface area contributed by atoms with Gasteiger partial charge >= 0.3 is 0 Å². The molecule has 11 nitrogen and oxygen atoms in total. The number of rotatable bonds is 4. The van der Waals surface area contributed by atoms with Gasteiger partial charge in [0.1, 0.15) is 48.8 Å². The summed E-state index contributed by atoms with van der Waals surface area (Å²) in [5.41, 5.74) is 0.747. The lowest BCUT2D eigenvalue weighted by Crippen LogP contribution is -2.65. The van der Waals surface area contributed by atoms with E-state index in [0.29, 0.717) is 0 Å². The van der Waals surface area contributed by atoms with Gasteiger partial charge in [0, 0.05) is 5.56 Å². The Morgan fingerprint density at radius 2 is 1.60 bits per heavy atom. The fourth-order valence-electron chi connectivity index (χ4n) is 3.86. The van der Waals surface area contributed by atoms with E-state index in [9.17, 15) is 30.6 Å². The summed E-state index contributed by atoms with van der Waals surface area (Å²) in [5, 5.41) is 60.2. The maximum absolute atomic E-state index is 10.6. The van der Waals surface area contributed by atoms with E-state index in [-0.39, 0.29) is 6.61 Å². The number of hydrogen-bond donors (Lipinski definition) is 6. The minimum atomic E-state index is -1.71. The summed E-state index contributed by atoms with van der Waals surface area (Å²) >= 11 is 0. The third-order valence-corrected chi connectivity index (χ3v) is 5.54. The van der Waals surface area contributed by atoms with Crippen molar-refractivity contribution in [3.05, 3.63) is 35.9 Å². The topological polar surface area (TPSA) is 168 Å². The monoisotopic (exact) mass is 430 g/mol. The average molecular weight is 430 g/mol. The minimum Gasteiger partial charge on any atom is -0.394 e. The van der Waals surface area contributed by atoms with Crippen LogP contribution in [0.15, 0.2) is 30.3 Å². The Hall–Kier alpha value is -1.22. The van der Waals surface area contributed by atoms with Gasteiger partial charge in [-0.3, -0.25) is 0 Å². The standard InChI is InChI=1S/C19H26O11/c20-6-9-15(11(21)13(23)17(25)27-9)30-19-14(24)12(22)16-10(28-19)7-26-18(29-16)8-4-2-1-3-5-8/h1-5,9-25H,6-7H2/t9-,10-,11-,12-,13-,14-,15-,16-,17-,18?,19-/m1/s1. The van der Waals surface area contributed by atoms with E-state index < -0.39 is 74.3 Å². The van der Waals surface area contributed by atoms with E-state index in [1.807, 2.05) is 30.3 Å². The number of benzene rings is 1. The third kappa shape index (κ3) is 4.11. The molecule has 3 aliphatic rings. The molecular weight excluding hydrogens is 404 g/mol. The Labute approximate surface area is 171 Å². The molecular formula is C19H26O11. The van der Waals surface area contributed by atoms with Crippen LogP contribution in [0.1, 0.15) is 11.9 Å². The Morgan fingerprint density at radius 1 is 0.867 bits per heavy atom. The van der Waals surface area contributed by atoms with Gasteiger partial charge in [-0.25, -0.2) is 0 Å². The van der Waals surface area contributed by atoms with E-state index in [4.69, 9.17) is 23.7 Å². The molecule has 0 saturated carbocycles. The Bertz CT molecular complexity index is 686. The predicted octanol–water partition coefficient (Wildman–Crippen LogP) is -2.64. The summed E-state index contributed by atoms with van der Waals surface area (Å²) in [4.78, 5) is 0. The second kappa shape index (κ2) is 9.10. The van der Waals surface area contributed by atoms with Crippen LogP contribution in [-0.4, -0.2) is 105 Å². The first-order valence-corrected chi connectivity index (χ1v) is 9.70. The fraction of sp³-hybridized carbons (Fsp3) is 0.684. The van der Waals surface area contributed by atoms with Crippen LogP contribution in [-0.2, 0) is 23.7 Å². The molecule has 1 aromatic carbocycles. The summed E-state index contributed by atoms with van der Waals surface area (Å²) < 4.78 is 27.7. The molecule has 0 aliphatic carbocycles. The van der Waals surface area contributed by atoms with Crippen molar-refractivity contribution in [1.29, 1.82) is 0 Å². The summed E-state index contributed by atoms with van der Waals surface area (Å²) in [5.74, 6) is 0. The van der Waals surface area contributed by atoms with E-state index in [0.717, 1.165) is 5.56 Å². The minimum absolute atomic E-state index is 0.0440. The lowest BCUT2D eigenvalue weighted by atomic mass is 9.96. The Morgan fingerprint density at radius 3 is 2.30 bits per heavy atom. The number of ether oxygens (including phenoxy) is 5. The summed E-state index contributed by atoms with van der Waals surface area (Å²) in [6.07, 6.45) is -14.3. The maximum Gasteiger partial charge on any atom is 0.187 e. The first-order valence-electron chi connectivity index (χ1n) is 9.70. The highest BCUT2D eigenvalue weighted by atomic mass is 16.8. The molecule has 4 rings (SSSR count). The van der Waals surface area contributed by atoms with Crippen molar-refractivity contribution < 1.29 is 54.3 Å². The van der Waals surface area contributed by atoms with E-state index >= 15 is 0 Å². The molecule has 11 heteroatoms. The molecule has 0 aromatic heterocycles. The van der Waals surface area contributed by atoms with Crippen LogP contribution in [0.3, 0.4) is 0 Å². The number of aliphatic hydroxyl groups excluding tert-OH is 6. The van der Waals surface area contributed by atoms with Gasteiger partial charge < -0.3 is 54.3 Å². The molecule has 0 amide bonds. The van der Waals surface area contributed by atoms with E-state index in [2.05, 4.69) is 0 Å². The van der Waals surface area contributed by atoms with Crippen molar-refractivity contribution in [2.24, 2.45) is 0 Å². The predicted molar refractivity (Wildman–Crippen MR) is 95.5 cm³/mol. The molecule has 0 bridgehead atoms. The molecule has 3 heterocycles. The number of aliphatic hydroxyl groups is 6. The first kappa shape index (κ1) is 22.0. The zero-order chi connectivity index (χ0) is 21.4. The van der Waals surface area contributed by atoms with Crippen molar-refractivity contribution in [2.75, 3.05) is 13.2 Å². The maximum atomic E-state index is 10.6. The molecule has 0 spiro atoms. The van der Waals surface area contributed by atoms with Crippen LogP contribution in [0.5, 0.6) is 0 Å². The van der Waals surface area contributed by atoms with Gasteiger partial charge in [0.05, 0.1) is 13.2 Å². The zero-order valence-corrected chi connectivity index (χ0v) is 15.9. The average Bonchev–Trinajstić information content (AvgIpc) is 2.77. The molecule has 11 atom stereocenters. The van der Waals surface area contributed by atoms with Crippen LogP contribution in [0.25, 0.3) is 0 Å². The summed E-state index contributed by atoms with van der Waals surface area (Å²) in [6.45, 7) is -0.587.